The molecule has 2 rings (SSSR count). The average molecular weight is 313 g/mol. The van der Waals surface area contributed by atoms with Crippen molar-refractivity contribution in [1.82, 2.24) is 0 Å². The number of aromatic hydroxyl groups is 1. The molecule has 0 spiro atoms. The molecule has 0 atom stereocenters. The average Bonchev–Trinajstić information content (AvgIpc) is 2.35. The maximum Gasteiger partial charge on any atom is 0.264 e. The summed E-state index contributed by atoms with van der Waals surface area (Å²) in [5.41, 5.74) is 1.16. The van der Waals surface area contributed by atoms with Gasteiger partial charge in [0, 0.05) is 6.07 Å². The van der Waals surface area contributed by atoms with Gasteiger partial charge in [0.25, 0.3) is 10.0 Å². The normalized spacial score (nSPS) is 11.4. The van der Waals surface area contributed by atoms with Crippen LogP contribution in [0.3, 0.4) is 0 Å². The largest absolute Gasteiger partial charge is 0.508 e. The predicted molar refractivity (Wildman–Crippen MR) is 74.7 cm³/mol. The van der Waals surface area contributed by atoms with E-state index in [1.165, 1.54) is 12.1 Å². The number of nitrogens with one attached hydrogen (secondary N) is 1. The number of anilines is 1. The molecule has 2 aromatic carbocycles. The fourth-order valence-corrected chi connectivity index (χ4v) is 2.99. The van der Waals surface area contributed by atoms with Gasteiger partial charge in [-0.2, -0.15) is 0 Å². The first-order chi connectivity index (χ1) is 9.70. The molecule has 21 heavy (non-hydrogen) atoms. The van der Waals surface area contributed by atoms with E-state index in [0.29, 0.717) is 17.2 Å². The number of rotatable bonds is 3. The lowest BCUT2D eigenvalue weighted by Gasteiger charge is -2.12. The van der Waals surface area contributed by atoms with E-state index in [9.17, 15) is 22.3 Å². The summed E-state index contributed by atoms with van der Waals surface area (Å²) in [6.07, 6.45) is 0. The van der Waals surface area contributed by atoms with Crippen molar-refractivity contribution < 1.29 is 22.3 Å². The Hall–Kier alpha value is -2.15. The van der Waals surface area contributed by atoms with Gasteiger partial charge in [-0.1, -0.05) is 0 Å². The zero-order valence-corrected chi connectivity index (χ0v) is 12.1. The Labute approximate surface area is 121 Å². The lowest BCUT2D eigenvalue weighted by Crippen LogP contribution is -2.15. The minimum absolute atomic E-state index is 0.0309. The van der Waals surface area contributed by atoms with Crippen molar-refractivity contribution in [3.8, 4) is 5.75 Å². The van der Waals surface area contributed by atoms with Crippen molar-refractivity contribution in [1.29, 1.82) is 0 Å². The van der Waals surface area contributed by atoms with Gasteiger partial charge >= 0.3 is 0 Å². The summed E-state index contributed by atoms with van der Waals surface area (Å²) < 4.78 is 53.0. The summed E-state index contributed by atoms with van der Waals surface area (Å²) in [4.78, 5) is -0.644. The number of sulfonamides is 1. The van der Waals surface area contributed by atoms with Gasteiger partial charge < -0.3 is 5.11 Å². The molecule has 0 radical (unpaired) electrons. The molecule has 0 aromatic heterocycles. The number of benzene rings is 2. The third-order valence-corrected chi connectivity index (χ3v) is 4.37. The highest BCUT2D eigenvalue weighted by molar-refractivity contribution is 7.92. The van der Waals surface area contributed by atoms with Crippen molar-refractivity contribution in [3.63, 3.8) is 0 Å². The minimum Gasteiger partial charge on any atom is -0.508 e. The second kappa shape index (κ2) is 5.33. The van der Waals surface area contributed by atoms with Crippen LogP contribution in [0.2, 0.25) is 0 Å². The van der Waals surface area contributed by atoms with Gasteiger partial charge in [-0.3, -0.25) is 4.72 Å². The number of hydrogen-bond acceptors (Lipinski definition) is 3. The number of phenolic OH excluding ortho intramolecular Hbond substituents is 1. The molecule has 0 fully saturated rings. The maximum atomic E-state index is 13.6. The van der Waals surface area contributed by atoms with Gasteiger partial charge in [0.1, 0.15) is 22.3 Å². The van der Waals surface area contributed by atoms with Crippen LogP contribution in [0.5, 0.6) is 5.75 Å². The third-order valence-electron chi connectivity index (χ3n) is 2.97. The summed E-state index contributed by atoms with van der Waals surface area (Å²) in [6.45, 7) is 3.20. The molecule has 0 amide bonds. The van der Waals surface area contributed by atoms with E-state index in [0.717, 1.165) is 12.1 Å². The van der Waals surface area contributed by atoms with Crippen LogP contribution in [-0.4, -0.2) is 13.5 Å². The number of hydrogen-bond donors (Lipinski definition) is 2. The molecule has 7 heteroatoms. The lowest BCUT2D eigenvalue weighted by atomic mass is 10.1. The third kappa shape index (κ3) is 3.13. The van der Waals surface area contributed by atoms with Crippen molar-refractivity contribution in [2.75, 3.05) is 4.72 Å². The SMILES string of the molecule is Cc1cc(NS(=O)(=O)c2ccc(F)cc2F)c(C)cc1O. The smallest absolute Gasteiger partial charge is 0.264 e. The van der Waals surface area contributed by atoms with Crippen molar-refractivity contribution in [2.24, 2.45) is 0 Å². The van der Waals surface area contributed by atoms with Crippen LogP contribution in [0.1, 0.15) is 11.1 Å². The second-order valence-electron chi connectivity index (χ2n) is 4.63. The molecule has 0 aliphatic carbocycles. The van der Waals surface area contributed by atoms with Crippen molar-refractivity contribution in [3.05, 3.63) is 53.1 Å². The summed E-state index contributed by atoms with van der Waals surface area (Å²) in [7, 11) is -4.19. The molecule has 0 aliphatic rings. The van der Waals surface area contributed by atoms with E-state index in [1.807, 2.05) is 0 Å². The fraction of sp³-hybridized carbons (Fsp3) is 0.143. The van der Waals surface area contributed by atoms with Gasteiger partial charge in [0.05, 0.1) is 5.69 Å². The number of halogens is 2. The zero-order valence-electron chi connectivity index (χ0n) is 11.3. The molecule has 0 bridgehead atoms. The Morgan fingerprint density at radius 3 is 2.33 bits per heavy atom. The van der Waals surface area contributed by atoms with Gasteiger partial charge in [-0.05, 0) is 49.2 Å². The highest BCUT2D eigenvalue weighted by Crippen LogP contribution is 2.27. The Bertz CT molecular complexity index is 804. The van der Waals surface area contributed by atoms with Gasteiger partial charge in [-0.15, -0.1) is 0 Å². The standard InChI is InChI=1S/C14H13F2NO3S/c1-8-6-13(18)9(2)5-12(8)17-21(19,20)14-4-3-10(15)7-11(14)16/h3-7,17-18H,1-2H3. The molecule has 112 valence electrons. The van der Waals surface area contributed by atoms with E-state index < -0.39 is 26.6 Å². The molecule has 0 saturated heterocycles. The van der Waals surface area contributed by atoms with Crippen LogP contribution >= 0.6 is 0 Å². The van der Waals surface area contributed by atoms with Gasteiger partial charge in [-0.25, -0.2) is 17.2 Å². The molecule has 0 saturated carbocycles. The monoisotopic (exact) mass is 313 g/mol. The minimum atomic E-state index is -4.19. The number of aryl methyl sites for hydroxylation is 2. The van der Waals surface area contributed by atoms with Crippen LogP contribution in [0.25, 0.3) is 0 Å². The van der Waals surface area contributed by atoms with Crippen LogP contribution in [0.4, 0.5) is 14.5 Å². The number of phenols is 1. The van der Waals surface area contributed by atoms with Crippen LogP contribution in [0, 0.1) is 25.5 Å². The second-order valence-corrected chi connectivity index (χ2v) is 6.28. The zero-order chi connectivity index (χ0) is 15.8. The van der Waals surface area contributed by atoms with Crippen molar-refractivity contribution >= 4 is 15.7 Å². The summed E-state index contributed by atoms with van der Waals surface area (Å²) in [5.74, 6) is -2.00. The van der Waals surface area contributed by atoms with E-state index in [4.69, 9.17) is 0 Å². The highest BCUT2D eigenvalue weighted by atomic mass is 32.2. The molecule has 0 unspecified atom stereocenters. The quantitative estimate of drug-likeness (QED) is 0.856. The molecular formula is C14H13F2NO3S. The Balaban J connectivity index is 2.45. The first-order valence-corrected chi connectivity index (χ1v) is 7.47. The summed E-state index contributed by atoms with van der Waals surface area (Å²) in [6, 6.07) is 5.06. The van der Waals surface area contributed by atoms with E-state index in [-0.39, 0.29) is 11.4 Å². The molecule has 2 aromatic rings. The fourth-order valence-electron chi connectivity index (χ4n) is 1.80. The van der Waals surface area contributed by atoms with E-state index >= 15 is 0 Å². The van der Waals surface area contributed by atoms with Crippen LogP contribution in [-0.2, 0) is 10.0 Å². The first-order valence-electron chi connectivity index (χ1n) is 5.99. The Morgan fingerprint density at radius 2 is 1.71 bits per heavy atom. The lowest BCUT2D eigenvalue weighted by molar-refractivity contribution is 0.471. The summed E-state index contributed by atoms with van der Waals surface area (Å²) >= 11 is 0. The maximum absolute atomic E-state index is 13.6. The predicted octanol–water partition coefficient (Wildman–Crippen LogP) is 3.09. The van der Waals surface area contributed by atoms with E-state index in [1.54, 1.807) is 13.8 Å². The molecule has 0 heterocycles. The van der Waals surface area contributed by atoms with Crippen molar-refractivity contribution in [2.45, 2.75) is 18.7 Å². The van der Waals surface area contributed by atoms with Crippen LogP contribution < -0.4 is 4.72 Å². The van der Waals surface area contributed by atoms with Gasteiger partial charge in [0.2, 0.25) is 0 Å². The molecule has 0 aliphatic heterocycles. The molecule has 4 nitrogen and oxygen atoms in total. The summed E-state index contributed by atoms with van der Waals surface area (Å²) in [5, 5.41) is 9.54. The first kappa shape index (κ1) is 15.2. The molecule has 2 N–H and O–H groups in total. The molecular weight excluding hydrogens is 300 g/mol. The Kier molecular flexibility index (Phi) is 3.87. The Morgan fingerprint density at radius 1 is 1.05 bits per heavy atom. The topological polar surface area (TPSA) is 66.4 Å². The van der Waals surface area contributed by atoms with Gasteiger partial charge in [0.15, 0.2) is 0 Å². The van der Waals surface area contributed by atoms with E-state index in [2.05, 4.69) is 4.72 Å². The highest BCUT2D eigenvalue weighted by Gasteiger charge is 2.20. The van der Waals surface area contributed by atoms with Crippen LogP contribution in [0.15, 0.2) is 35.2 Å².